The summed E-state index contributed by atoms with van der Waals surface area (Å²) in [6.45, 7) is 3.15. The van der Waals surface area contributed by atoms with Crippen molar-refractivity contribution in [1.29, 1.82) is 0 Å². The first-order valence-corrected chi connectivity index (χ1v) is 7.71. The van der Waals surface area contributed by atoms with Crippen LogP contribution in [0.2, 0.25) is 0 Å². The van der Waals surface area contributed by atoms with Gasteiger partial charge in [0.1, 0.15) is 5.54 Å². The molecule has 0 aliphatic carbocycles. The van der Waals surface area contributed by atoms with E-state index in [0.29, 0.717) is 19.6 Å². The Kier molecular flexibility index (Phi) is 4.12. The number of nitrogens with zero attached hydrogens (tertiary/aromatic N) is 2. The highest BCUT2D eigenvalue weighted by Crippen LogP contribution is 2.37. The molecule has 2 N–H and O–H groups in total. The predicted octanol–water partition coefficient (Wildman–Crippen LogP) is 0.797. The van der Waals surface area contributed by atoms with E-state index in [4.69, 9.17) is 5.11 Å². The second kappa shape index (κ2) is 6.03. The molecule has 114 valence electrons. The van der Waals surface area contributed by atoms with E-state index in [9.17, 15) is 4.79 Å². The number of amides is 1. The average molecular weight is 289 g/mol. The third kappa shape index (κ3) is 2.51. The van der Waals surface area contributed by atoms with Gasteiger partial charge < -0.3 is 20.2 Å². The number of aliphatic hydroxyl groups is 1. The van der Waals surface area contributed by atoms with Crippen LogP contribution in [0.3, 0.4) is 0 Å². The standard InChI is InChI=1S/C16H23N3O2/c20-12-4-11-18-13-19(14-5-2-1-3-6-14)16(15(18)21)7-9-17-10-8-16/h1-3,5-6,17,20H,4,7-13H2. The first-order chi connectivity index (χ1) is 10.3. The highest BCUT2D eigenvalue weighted by atomic mass is 16.3. The maximum absolute atomic E-state index is 12.9. The van der Waals surface area contributed by atoms with Gasteiger partial charge in [-0.05, 0) is 44.5 Å². The number of aliphatic hydroxyl groups excluding tert-OH is 1. The van der Waals surface area contributed by atoms with Crippen molar-refractivity contribution in [3.8, 4) is 0 Å². The number of piperidine rings is 1. The maximum Gasteiger partial charge on any atom is 0.250 e. The smallest absolute Gasteiger partial charge is 0.250 e. The van der Waals surface area contributed by atoms with E-state index in [1.54, 1.807) is 0 Å². The summed E-state index contributed by atoms with van der Waals surface area (Å²) in [5.41, 5.74) is 0.710. The van der Waals surface area contributed by atoms with Gasteiger partial charge in [0.15, 0.2) is 0 Å². The molecule has 5 heteroatoms. The van der Waals surface area contributed by atoms with Gasteiger partial charge in [0.25, 0.3) is 0 Å². The van der Waals surface area contributed by atoms with Crippen LogP contribution in [0.15, 0.2) is 30.3 Å². The Bertz CT molecular complexity index is 486. The van der Waals surface area contributed by atoms with Gasteiger partial charge in [-0.15, -0.1) is 0 Å². The molecule has 2 saturated heterocycles. The van der Waals surface area contributed by atoms with E-state index in [-0.39, 0.29) is 12.5 Å². The highest BCUT2D eigenvalue weighted by Gasteiger charge is 2.52. The van der Waals surface area contributed by atoms with Crippen molar-refractivity contribution in [2.75, 3.05) is 37.8 Å². The zero-order valence-corrected chi connectivity index (χ0v) is 12.3. The van der Waals surface area contributed by atoms with Crippen molar-refractivity contribution >= 4 is 11.6 Å². The summed E-state index contributed by atoms with van der Waals surface area (Å²) in [5, 5.41) is 12.4. The van der Waals surface area contributed by atoms with Crippen molar-refractivity contribution in [2.24, 2.45) is 0 Å². The summed E-state index contributed by atoms with van der Waals surface area (Å²) in [5.74, 6) is 0.223. The lowest BCUT2D eigenvalue weighted by molar-refractivity contribution is -0.133. The van der Waals surface area contributed by atoms with Crippen LogP contribution >= 0.6 is 0 Å². The number of hydrogen-bond donors (Lipinski definition) is 2. The monoisotopic (exact) mass is 289 g/mol. The fourth-order valence-electron chi connectivity index (χ4n) is 3.47. The second-order valence-corrected chi connectivity index (χ2v) is 5.83. The molecule has 1 spiro atoms. The molecule has 0 atom stereocenters. The van der Waals surface area contributed by atoms with Gasteiger partial charge in [-0.1, -0.05) is 18.2 Å². The van der Waals surface area contributed by atoms with Crippen molar-refractivity contribution in [1.82, 2.24) is 10.2 Å². The van der Waals surface area contributed by atoms with Crippen LogP contribution in [0.1, 0.15) is 19.3 Å². The summed E-state index contributed by atoms with van der Waals surface area (Å²) in [4.78, 5) is 17.1. The Balaban J connectivity index is 1.90. The van der Waals surface area contributed by atoms with Crippen LogP contribution in [-0.4, -0.2) is 54.4 Å². The van der Waals surface area contributed by atoms with Gasteiger partial charge in [0.05, 0.1) is 6.67 Å². The Morgan fingerprint density at radius 3 is 2.57 bits per heavy atom. The lowest BCUT2D eigenvalue weighted by Gasteiger charge is -2.40. The molecule has 0 unspecified atom stereocenters. The lowest BCUT2D eigenvalue weighted by Crippen LogP contribution is -2.55. The summed E-state index contributed by atoms with van der Waals surface area (Å²) in [6, 6.07) is 10.2. The number of hydrogen-bond acceptors (Lipinski definition) is 4. The Labute approximate surface area is 125 Å². The third-order valence-electron chi connectivity index (χ3n) is 4.60. The maximum atomic E-state index is 12.9. The molecule has 0 aromatic heterocycles. The van der Waals surface area contributed by atoms with Gasteiger partial charge in [-0.25, -0.2) is 0 Å². The minimum Gasteiger partial charge on any atom is -0.396 e. The summed E-state index contributed by atoms with van der Waals surface area (Å²) < 4.78 is 0. The van der Waals surface area contributed by atoms with Crippen LogP contribution in [-0.2, 0) is 4.79 Å². The van der Waals surface area contributed by atoms with Crippen molar-refractivity contribution in [3.05, 3.63) is 30.3 Å². The number of para-hydroxylation sites is 1. The van der Waals surface area contributed by atoms with Crippen LogP contribution in [0.4, 0.5) is 5.69 Å². The molecule has 1 aromatic carbocycles. The first-order valence-electron chi connectivity index (χ1n) is 7.71. The summed E-state index contributed by atoms with van der Waals surface area (Å²) in [6.07, 6.45) is 2.33. The normalized spacial score (nSPS) is 21.3. The fraction of sp³-hybridized carbons (Fsp3) is 0.562. The Hall–Kier alpha value is -1.59. The van der Waals surface area contributed by atoms with E-state index in [2.05, 4.69) is 22.3 Å². The zero-order chi connectivity index (χ0) is 14.7. The molecule has 0 saturated carbocycles. The molecule has 0 radical (unpaired) electrons. The molecular formula is C16H23N3O2. The molecule has 2 fully saturated rings. The Morgan fingerprint density at radius 2 is 1.90 bits per heavy atom. The lowest BCUT2D eigenvalue weighted by atomic mass is 9.86. The number of rotatable bonds is 4. The molecule has 2 aliphatic rings. The fourth-order valence-corrected chi connectivity index (χ4v) is 3.47. The second-order valence-electron chi connectivity index (χ2n) is 5.83. The van der Waals surface area contributed by atoms with Crippen molar-refractivity contribution < 1.29 is 9.90 Å². The highest BCUT2D eigenvalue weighted by molar-refractivity contribution is 5.93. The Morgan fingerprint density at radius 1 is 1.19 bits per heavy atom. The van der Waals surface area contributed by atoms with E-state index >= 15 is 0 Å². The predicted molar refractivity (Wildman–Crippen MR) is 82.0 cm³/mol. The van der Waals surface area contributed by atoms with Gasteiger partial charge in [-0.3, -0.25) is 4.79 Å². The van der Waals surface area contributed by atoms with Gasteiger partial charge in [0.2, 0.25) is 5.91 Å². The van der Waals surface area contributed by atoms with E-state index < -0.39 is 5.54 Å². The molecule has 2 aliphatic heterocycles. The minimum atomic E-state index is -0.401. The van der Waals surface area contributed by atoms with E-state index in [0.717, 1.165) is 31.6 Å². The molecule has 0 bridgehead atoms. The van der Waals surface area contributed by atoms with Gasteiger partial charge >= 0.3 is 0 Å². The number of benzene rings is 1. The topological polar surface area (TPSA) is 55.8 Å². The van der Waals surface area contributed by atoms with Crippen molar-refractivity contribution in [3.63, 3.8) is 0 Å². The first kappa shape index (κ1) is 14.4. The summed E-state index contributed by atoms with van der Waals surface area (Å²) in [7, 11) is 0. The SMILES string of the molecule is O=C1N(CCCO)CN(c2ccccc2)C12CCNCC2. The number of carbonyl (C=O) groups is 1. The van der Waals surface area contributed by atoms with Crippen LogP contribution < -0.4 is 10.2 Å². The quantitative estimate of drug-likeness (QED) is 0.861. The molecule has 1 aromatic rings. The van der Waals surface area contributed by atoms with Gasteiger partial charge in [-0.2, -0.15) is 0 Å². The van der Waals surface area contributed by atoms with E-state index in [1.807, 2.05) is 23.1 Å². The molecule has 1 amide bonds. The number of carbonyl (C=O) groups excluding carboxylic acids is 1. The van der Waals surface area contributed by atoms with Crippen molar-refractivity contribution in [2.45, 2.75) is 24.8 Å². The molecule has 5 nitrogen and oxygen atoms in total. The van der Waals surface area contributed by atoms with Gasteiger partial charge in [0, 0.05) is 18.8 Å². The van der Waals surface area contributed by atoms with Crippen LogP contribution in [0.25, 0.3) is 0 Å². The van der Waals surface area contributed by atoms with E-state index in [1.165, 1.54) is 0 Å². The average Bonchev–Trinajstić information content (AvgIpc) is 2.80. The van der Waals surface area contributed by atoms with Crippen LogP contribution in [0.5, 0.6) is 0 Å². The largest absolute Gasteiger partial charge is 0.396 e. The minimum absolute atomic E-state index is 0.129. The molecule has 3 rings (SSSR count). The third-order valence-corrected chi connectivity index (χ3v) is 4.60. The number of nitrogens with one attached hydrogen (secondary N) is 1. The zero-order valence-electron chi connectivity index (χ0n) is 12.3. The van der Waals surface area contributed by atoms with Crippen LogP contribution in [0, 0.1) is 0 Å². The summed E-state index contributed by atoms with van der Waals surface area (Å²) >= 11 is 0. The molecule has 2 heterocycles. The molecule has 21 heavy (non-hydrogen) atoms. The number of anilines is 1. The molecular weight excluding hydrogens is 266 g/mol.